The van der Waals surface area contributed by atoms with E-state index in [4.69, 9.17) is 5.11 Å². The number of phenolic OH excluding ortho intramolecular Hbond substituents is 1. The van der Waals surface area contributed by atoms with Gasteiger partial charge in [-0.1, -0.05) is 0 Å². The molecule has 86 valence electrons. The van der Waals surface area contributed by atoms with Gasteiger partial charge < -0.3 is 10.0 Å². The van der Waals surface area contributed by atoms with Crippen molar-refractivity contribution in [2.24, 2.45) is 0 Å². The lowest BCUT2D eigenvalue weighted by atomic mass is 10.1. The SMILES string of the molecule is O=C(Cc1c(F)cc(O)cc1F)N1CCC1. The quantitative estimate of drug-likeness (QED) is 0.830. The number of amides is 1. The van der Waals surface area contributed by atoms with Gasteiger partial charge in [0.05, 0.1) is 6.42 Å². The zero-order chi connectivity index (χ0) is 11.7. The molecular weight excluding hydrogens is 216 g/mol. The van der Waals surface area contributed by atoms with E-state index in [2.05, 4.69) is 0 Å². The third-order valence-corrected chi connectivity index (χ3v) is 2.66. The van der Waals surface area contributed by atoms with Crippen LogP contribution in [-0.2, 0) is 11.2 Å². The van der Waals surface area contributed by atoms with Gasteiger partial charge in [-0.25, -0.2) is 8.78 Å². The predicted molar refractivity (Wildman–Crippen MR) is 52.9 cm³/mol. The molecule has 1 aliphatic heterocycles. The van der Waals surface area contributed by atoms with E-state index >= 15 is 0 Å². The number of carbonyl (C=O) groups excluding carboxylic acids is 1. The van der Waals surface area contributed by atoms with E-state index in [-0.39, 0.29) is 17.9 Å². The average Bonchev–Trinajstić information content (AvgIpc) is 2.08. The van der Waals surface area contributed by atoms with Crippen molar-refractivity contribution in [1.82, 2.24) is 4.90 Å². The number of phenols is 1. The van der Waals surface area contributed by atoms with Crippen molar-refractivity contribution in [2.75, 3.05) is 13.1 Å². The van der Waals surface area contributed by atoms with E-state index < -0.39 is 17.4 Å². The van der Waals surface area contributed by atoms with Gasteiger partial charge in [0.2, 0.25) is 5.91 Å². The molecule has 0 spiro atoms. The lowest BCUT2D eigenvalue weighted by molar-refractivity contribution is -0.133. The summed E-state index contributed by atoms with van der Waals surface area (Å²) >= 11 is 0. The van der Waals surface area contributed by atoms with Crippen molar-refractivity contribution < 1.29 is 18.7 Å². The Bertz CT molecular complexity index is 407. The molecule has 3 nitrogen and oxygen atoms in total. The summed E-state index contributed by atoms with van der Waals surface area (Å²) < 4.78 is 26.6. The molecule has 0 saturated carbocycles. The second kappa shape index (κ2) is 4.08. The van der Waals surface area contributed by atoms with Gasteiger partial charge in [0.25, 0.3) is 0 Å². The molecule has 16 heavy (non-hydrogen) atoms. The molecule has 1 aliphatic rings. The summed E-state index contributed by atoms with van der Waals surface area (Å²) in [5.74, 6) is -2.53. The number of hydrogen-bond donors (Lipinski definition) is 1. The Hall–Kier alpha value is -1.65. The Morgan fingerprint density at radius 3 is 2.31 bits per heavy atom. The van der Waals surface area contributed by atoms with Crippen LogP contribution in [0, 0.1) is 11.6 Å². The van der Waals surface area contributed by atoms with Crippen LogP contribution in [0.3, 0.4) is 0 Å². The maximum atomic E-state index is 13.3. The topological polar surface area (TPSA) is 40.5 Å². The largest absolute Gasteiger partial charge is 0.508 e. The van der Waals surface area contributed by atoms with Crippen LogP contribution >= 0.6 is 0 Å². The molecule has 2 rings (SSSR count). The Balaban J connectivity index is 2.17. The summed E-state index contributed by atoms with van der Waals surface area (Å²) in [7, 11) is 0. The molecule has 0 bridgehead atoms. The van der Waals surface area contributed by atoms with Crippen LogP contribution in [0.4, 0.5) is 8.78 Å². The molecule has 1 heterocycles. The molecule has 1 aromatic carbocycles. The van der Waals surface area contributed by atoms with Crippen LogP contribution in [0.2, 0.25) is 0 Å². The van der Waals surface area contributed by atoms with Crippen LogP contribution in [0.25, 0.3) is 0 Å². The van der Waals surface area contributed by atoms with Gasteiger partial charge in [-0.15, -0.1) is 0 Å². The number of carbonyl (C=O) groups is 1. The van der Waals surface area contributed by atoms with Crippen LogP contribution in [0.15, 0.2) is 12.1 Å². The predicted octanol–water partition coefficient (Wildman–Crippen LogP) is 1.45. The molecule has 0 radical (unpaired) electrons. The molecule has 1 saturated heterocycles. The molecule has 0 atom stereocenters. The van der Waals surface area contributed by atoms with Gasteiger partial charge in [0.15, 0.2) is 0 Å². The number of likely N-dealkylation sites (tertiary alicyclic amines) is 1. The van der Waals surface area contributed by atoms with Crippen molar-refractivity contribution >= 4 is 5.91 Å². The van der Waals surface area contributed by atoms with E-state index in [1.807, 2.05) is 0 Å². The first-order valence-corrected chi connectivity index (χ1v) is 5.02. The highest BCUT2D eigenvalue weighted by atomic mass is 19.1. The van der Waals surface area contributed by atoms with Crippen molar-refractivity contribution in [3.05, 3.63) is 29.3 Å². The summed E-state index contributed by atoms with van der Waals surface area (Å²) in [6.45, 7) is 1.31. The van der Waals surface area contributed by atoms with E-state index in [9.17, 15) is 13.6 Å². The van der Waals surface area contributed by atoms with Gasteiger partial charge >= 0.3 is 0 Å². The minimum absolute atomic E-state index is 0.283. The van der Waals surface area contributed by atoms with Crippen LogP contribution in [0.1, 0.15) is 12.0 Å². The normalized spacial score (nSPS) is 14.8. The van der Waals surface area contributed by atoms with Gasteiger partial charge in [0, 0.05) is 30.8 Å². The monoisotopic (exact) mass is 227 g/mol. The second-order valence-electron chi connectivity index (χ2n) is 3.80. The summed E-state index contributed by atoms with van der Waals surface area (Å²) in [5.41, 5.74) is -0.283. The molecule has 1 N–H and O–H groups in total. The number of nitrogens with zero attached hydrogens (tertiary/aromatic N) is 1. The molecule has 0 unspecified atom stereocenters. The number of benzene rings is 1. The zero-order valence-corrected chi connectivity index (χ0v) is 8.54. The maximum Gasteiger partial charge on any atom is 0.227 e. The zero-order valence-electron chi connectivity index (χ0n) is 8.54. The standard InChI is InChI=1S/C11H11F2NO2/c12-9-4-7(15)5-10(13)8(9)6-11(16)14-2-1-3-14/h4-5,15H,1-3,6H2. The first-order chi connectivity index (χ1) is 7.58. The third-order valence-electron chi connectivity index (χ3n) is 2.66. The number of hydrogen-bond acceptors (Lipinski definition) is 2. The fraction of sp³-hybridized carbons (Fsp3) is 0.364. The average molecular weight is 227 g/mol. The number of halogens is 2. The summed E-state index contributed by atoms with van der Waals surface area (Å²) in [6, 6.07) is 1.61. The van der Waals surface area contributed by atoms with Crippen LogP contribution in [-0.4, -0.2) is 29.0 Å². The molecular formula is C11H11F2NO2. The Morgan fingerprint density at radius 2 is 1.88 bits per heavy atom. The lowest BCUT2D eigenvalue weighted by Crippen LogP contribution is -2.43. The van der Waals surface area contributed by atoms with E-state index in [0.717, 1.165) is 18.6 Å². The molecule has 0 aromatic heterocycles. The van der Waals surface area contributed by atoms with E-state index in [1.165, 1.54) is 0 Å². The molecule has 0 aliphatic carbocycles. The van der Waals surface area contributed by atoms with Crippen molar-refractivity contribution in [3.63, 3.8) is 0 Å². The maximum absolute atomic E-state index is 13.3. The minimum atomic E-state index is -0.883. The Morgan fingerprint density at radius 1 is 1.31 bits per heavy atom. The first kappa shape index (κ1) is 10.9. The van der Waals surface area contributed by atoms with Gasteiger partial charge in [-0.05, 0) is 6.42 Å². The van der Waals surface area contributed by atoms with Crippen LogP contribution < -0.4 is 0 Å². The Kier molecular flexibility index (Phi) is 2.77. The van der Waals surface area contributed by atoms with E-state index in [0.29, 0.717) is 13.1 Å². The minimum Gasteiger partial charge on any atom is -0.508 e. The Labute approximate surface area is 91.3 Å². The van der Waals surface area contributed by atoms with Crippen molar-refractivity contribution in [2.45, 2.75) is 12.8 Å². The number of aromatic hydroxyl groups is 1. The van der Waals surface area contributed by atoms with Crippen molar-refractivity contribution in [3.8, 4) is 5.75 Å². The third kappa shape index (κ3) is 1.98. The van der Waals surface area contributed by atoms with Gasteiger partial charge in [0.1, 0.15) is 17.4 Å². The fourth-order valence-corrected chi connectivity index (χ4v) is 1.59. The molecule has 5 heteroatoms. The summed E-state index contributed by atoms with van der Waals surface area (Å²) in [4.78, 5) is 13.1. The highest BCUT2D eigenvalue weighted by Crippen LogP contribution is 2.21. The fourth-order valence-electron chi connectivity index (χ4n) is 1.59. The van der Waals surface area contributed by atoms with Crippen molar-refractivity contribution in [1.29, 1.82) is 0 Å². The number of rotatable bonds is 2. The molecule has 1 amide bonds. The van der Waals surface area contributed by atoms with Gasteiger partial charge in [-0.2, -0.15) is 0 Å². The lowest BCUT2D eigenvalue weighted by Gasteiger charge is -2.31. The second-order valence-corrected chi connectivity index (χ2v) is 3.80. The highest BCUT2D eigenvalue weighted by molar-refractivity contribution is 5.79. The summed E-state index contributed by atoms with van der Waals surface area (Å²) in [5, 5.41) is 8.94. The summed E-state index contributed by atoms with van der Waals surface area (Å²) in [6.07, 6.45) is 0.643. The highest BCUT2D eigenvalue weighted by Gasteiger charge is 2.23. The molecule has 1 fully saturated rings. The van der Waals surface area contributed by atoms with Crippen LogP contribution in [0.5, 0.6) is 5.75 Å². The first-order valence-electron chi connectivity index (χ1n) is 5.02. The smallest absolute Gasteiger partial charge is 0.227 e. The molecule has 1 aromatic rings. The van der Waals surface area contributed by atoms with E-state index in [1.54, 1.807) is 4.90 Å². The van der Waals surface area contributed by atoms with Gasteiger partial charge in [-0.3, -0.25) is 4.79 Å².